The predicted octanol–water partition coefficient (Wildman–Crippen LogP) is 3.96. The van der Waals surface area contributed by atoms with Crippen LogP contribution in [0, 0.1) is 5.92 Å². The van der Waals surface area contributed by atoms with Gasteiger partial charge in [0.05, 0.1) is 23.9 Å². The number of benzene rings is 1. The summed E-state index contributed by atoms with van der Waals surface area (Å²) >= 11 is 0. The summed E-state index contributed by atoms with van der Waals surface area (Å²) in [5.74, 6) is -0.909. The standard InChI is InChI=1S/C21H27N3O2/c25-21(26)17-9-6-12-23(14-17)15-18-13-22-24(19-10-4-5-11-19)20(18)16-7-2-1-3-8-16/h1-3,7-8,13,17,19H,4-6,9-12,14-15H2,(H,25,26). The molecule has 1 saturated heterocycles. The maximum atomic E-state index is 11.4. The Morgan fingerprint density at radius 3 is 2.62 bits per heavy atom. The maximum Gasteiger partial charge on any atom is 0.307 e. The molecular formula is C21H27N3O2. The fourth-order valence-corrected chi connectivity index (χ4v) is 4.49. The number of carboxylic acid groups (broad SMARTS) is 1. The summed E-state index contributed by atoms with van der Waals surface area (Å²) in [5, 5.41) is 14.1. The van der Waals surface area contributed by atoms with Crippen LogP contribution in [0.1, 0.15) is 50.1 Å². The summed E-state index contributed by atoms with van der Waals surface area (Å²) in [6.07, 6.45) is 8.71. The first-order valence-electron chi connectivity index (χ1n) is 9.79. The van der Waals surface area contributed by atoms with E-state index in [1.807, 2.05) is 12.3 Å². The highest BCUT2D eigenvalue weighted by Gasteiger charge is 2.28. The second kappa shape index (κ2) is 7.62. The zero-order valence-electron chi connectivity index (χ0n) is 15.2. The number of rotatable bonds is 5. The number of carbonyl (C=O) groups is 1. The van der Waals surface area contributed by atoms with Gasteiger partial charge in [-0.3, -0.25) is 14.4 Å². The second-order valence-corrected chi connectivity index (χ2v) is 7.68. The van der Waals surface area contributed by atoms with Crippen molar-refractivity contribution in [3.8, 4) is 11.3 Å². The van der Waals surface area contributed by atoms with Crippen molar-refractivity contribution in [1.82, 2.24) is 14.7 Å². The summed E-state index contributed by atoms with van der Waals surface area (Å²) in [5.41, 5.74) is 3.64. The number of hydrogen-bond donors (Lipinski definition) is 1. The number of carboxylic acids is 1. The Morgan fingerprint density at radius 1 is 1.12 bits per heavy atom. The molecule has 26 heavy (non-hydrogen) atoms. The van der Waals surface area contributed by atoms with Gasteiger partial charge in [-0.2, -0.15) is 5.10 Å². The highest BCUT2D eigenvalue weighted by Crippen LogP contribution is 2.35. The third-order valence-electron chi connectivity index (χ3n) is 5.84. The first-order chi connectivity index (χ1) is 12.7. The van der Waals surface area contributed by atoms with E-state index in [9.17, 15) is 9.90 Å². The Balaban J connectivity index is 1.62. The van der Waals surface area contributed by atoms with Crippen LogP contribution in [0.25, 0.3) is 11.3 Å². The average molecular weight is 353 g/mol. The van der Waals surface area contributed by atoms with Gasteiger partial charge in [0.15, 0.2) is 0 Å². The van der Waals surface area contributed by atoms with E-state index in [2.05, 4.69) is 33.8 Å². The molecule has 0 bridgehead atoms. The van der Waals surface area contributed by atoms with Crippen molar-refractivity contribution in [2.45, 2.75) is 51.1 Å². The van der Waals surface area contributed by atoms with Gasteiger partial charge in [0.1, 0.15) is 0 Å². The number of piperidine rings is 1. The monoisotopic (exact) mass is 353 g/mol. The Hall–Kier alpha value is -2.14. The van der Waals surface area contributed by atoms with Crippen molar-refractivity contribution >= 4 is 5.97 Å². The van der Waals surface area contributed by atoms with Gasteiger partial charge in [-0.15, -0.1) is 0 Å². The summed E-state index contributed by atoms with van der Waals surface area (Å²) in [7, 11) is 0. The summed E-state index contributed by atoms with van der Waals surface area (Å²) in [6, 6.07) is 11.0. The molecule has 1 unspecified atom stereocenters. The molecule has 4 rings (SSSR count). The van der Waals surface area contributed by atoms with Gasteiger partial charge in [-0.05, 0) is 32.2 Å². The first kappa shape index (κ1) is 17.3. The summed E-state index contributed by atoms with van der Waals surface area (Å²) < 4.78 is 2.23. The highest BCUT2D eigenvalue weighted by atomic mass is 16.4. The Morgan fingerprint density at radius 2 is 1.88 bits per heavy atom. The van der Waals surface area contributed by atoms with Crippen LogP contribution in [0.5, 0.6) is 0 Å². The molecule has 0 spiro atoms. The largest absolute Gasteiger partial charge is 0.481 e. The SMILES string of the molecule is O=C(O)C1CCCN(Cc2cnn(C3CCCC3)c2-c2ccccc2)C1. The van der Waals surface area contributed by atoms with E-state index in [1.54, 1.807) is 0 Å². The van der Waals surface area contributed by atoms with Crippen molar-refractivity contribution in [2.24, 2.45) is 5.92 Å². The van der Waals surface area contributed by atoms with Crippen LogP contribution in [-0.4, -0.2) is 38.8 Å². The Bertz CT molecular complexity index is 750. The van der Waals surface area contributed by atoms with Crippen LogP contribution in [0.3, 0.4) is 0 Å². The minimum Gasteiger partial charge on any atom is -0.481 e. The van der Waals surface area contributed by atoms with E-state index < -0.39 is 5.97 Å². The molecule has 2 heterocycles. The van der Waals surface area contributed by atoms with Crippen LogP contribution in [-0.2, 0) is 11.3 Å². The zero-order chi connectivity index (χ0) is 17.9. The van der Waals surface area contributed by atoms with Gasteiger partial charge in [0.25, 0.3) is 0 Å². The molecule has 1 aromatic carbocycles. The topological polar surface area (TPSA) is 58.4 Å². The van der Waals surface area contributed by atoms with Gasteiger partial charge >= 0.3 is 5.97 Å². The molecule has 1 saturated carbocycles. The van der Waals surface area contributed by atoms with Crippen molar-refractivity contribution < 1.29 is 9.90 Å². The molecule has 5 nitrogen and oxygen atoms in total. The van der Waals surface area contributed by atoms with E-state index in [0.717, 1.165) is 25.9 Å². The van der Waals surface area contributed by atoms with E-state index in [-0.39, 0.29) is 5.92 Å². The van der Waals surface area contributed by atoms with Crippen molar-refractivity contribution in [1.29, 1.82) is 0 Å². The highest BCUT2D eigenvalue weighted by molar-refractivity contribution is 5.70. The third-order valence-corrected chi connectivity index (χ3v) is 5.84. The smallest absolute Gasteiger partial charge is 0.307 e. The number of aliphatic carboxylic acids is 1. The van der Waals surface area contributed by atoms with Gasteiger partial charge < -0.3 is 5.11 Å². The Kier molecular flexibility index (Phi) is 5.07. The predicted molar refractivity (Wildman–Crippen MR) is 101 cm³/mol. The van der Waals surface area contributed by atoms with Crippen LogP contribution in [0.15, 0.2) is 36.5 Å². The normalized spacial score (nSPS) is 21.9. The molecule has 1 aliphatic heterocycles. The molecule has 0 amide bonds. The van der Waals surface area contributed by atoms with Crippen LogP contribution in [0.2, 0.25) is 0 Å². The molecule has 1 aromatic heterocycles. The van der Waals surface area contributed by atoms with Crippen molar-refractivity contribution in [2.75, 3.05) is 13.1 Å². The zero-order valence-corrected chi connectivity index (χ0v) is 15.2. The lowest BCUT2D eigenvalue weighted by molar-refractivity contribution is -0.143. The summed E-state index contributed by atoms with van der Waals surface area (Å²) in [4.78, 5) is 13.7. The van der Waals surface area contributed by atoms with Gasteiger partial charge in [-0.25, -0.2) is 0 Å². The fraction of sp³-hybridized carbons (Fsp3) is 0.524. The molecule has 1 N–H and O–H groups in total. The fourth-order valence-electron chi connectivity index (χ4n) is 4.49. The third kappa shape index (κ3) is 3.54. The molecule has 5 heteroatoms. The molecular weight excluding hydrogens is 326 g/mol. The molecule has 1 atom stereocenters. The number of aromatic nitrogens is 2. The molecule has 138 valence electrons. The number of hydrogen-bond acceptors (Lipinski definition) is 3. The van der Waals surface area contributed by atoms with E-state index in [0.29, 0.717) is 12.6 Å². The average Bonchev–Trinajstić information content (AvgIpc) is 3.32. The second-order valence-electron chi connectivity index (χ2n) is 7.68. The summed E-state index contributed by atoms with van der Waals surface area (Å²) in [6.45, 7) is 2.38. The van der Waals surface area contributed by atoms with E-state index in [1.165, 1.54) is 42.5 Å². The quantitative estimate of drug-likeness (QED) is 0.884. The van der Waals surface area contributed by atoms with Gasteiger partial charge in [0.2, 0.25) is 0 Å². The molecule has 0 radical (unpaired) electrons. The van der Waals surface area contributed by atoms with Crippen molar-refractivity contribution in [3.05, 3.63) is 42.1 Å². The maximum absolute atomic E-state index is 11.4. The van der Waals surface area contributed by atoms with Crippen molar-refractivity contribution in [3.63, 3.8) is 0 Å². The van der Waals surface area contributed by atoms with E-state index >= 15 is 0 Å². The van der Waals surface area contributed by atoms with E-state index in [4.69, 9.17) is 5.10 Å². The van der Waals surface area contributed by atoms with Crippen LogP contribution >= 0.6 is 0 Å². The molecule has 2 aliphatic rings. The lowest BCUT2D eigenvalue weighted by atomic mass is 9.97. The first-order valence-corrected chi connectivity index (χ1v) is 9.79. The molecule has 2 aromatic rings. The lowest BCUT2D eigenvalue weighted by Crippen LogP contribution is -2.38. The van der Waals surface area contributed by atoms with Gasteiger partial charge in [0, 0.05) is 24.2 Å². The number of likely N-dealkylation sites (tertiary alicyclic amines) is 1. The van der Waals surface area contributed by atoms with Crippen LogP contribution < -0.4 is 0 Å². The molecule has 2 fully saturated rings. The lowest BCUT2D eigenvalue weighted by Gasteiger charge is -2.30. The number of nitrogens with zero attached hydrogens (tertiary/aromatic N) is 3. The minimum absolute atomic E-state index is 0.242. The minimum atomic E-state index is -0.667. The van der Waals surface area contributed by atoms with Gasteiger partial charge in [-0.1, -0.05) is 43.2 Å². The van der Waals surface area contributed by atoms with Crippen LogP contribution in [0.4, 0.5) is 0 Å². The Labute approximate surface area is 154 Å². The molecule has 1 aliphatic carbocycles.